The predicted molar refractivity (Wildman–Crippen MR) is 69.1 cm³/mol. The van der Waals surface area contributed by atoms with Crippen molar-refractivity contribution in [2.45, 2.75) is 33.3 Å². The minimum atomic E-state index is 0.442. The molecular formula is C10H14ClIN2O. The van der Waals surface area contributed by atoms with Gasteiger partial charge in [0.25, 0.3) is 0 Å². The summed E-state index contributed by atoms with van der Waals surface area (Å²) in [7, 11) is 0. The van der Waals surface area contributed by atoms with E-state index in [-0.39, 0.29) is 0 Å². The van der Waals surface area contributed by atoms with Crippen LogP contribution >= 0.6 is 34.2 Å². The molecule has 0 saturated heterocycles. The number of hydrogen-bond acceptors (Lipinski definition) is 3. The maximum atomic E-state index is 6.00. The Balaban J connectivity index is 2.77. The summed E-state index contributed by atoms with van der Waals surface area (Å²) in [5, 5.41) is 0.526. The highest BCUT2D eigenvalue weighted by Crippen LogP contribution is 2.19. The lowest BCUT2D eigenvalue weighted by atomic mass is 10.3. The van der Waals surface area contributed by atoms with Crippen LogP contribution in [0.2, 0.25) is 5.15 Å². The molecule has 5 heteroatoms. The van der Waals surface area contributed by atoms with Crippen LogP contribution in [0.5, 0.6) is 0 Å². The lowest BCUT2D eigenvalue weighted by molar-refractivity contribution is 0.116. The van der Waals surface area contributed by atoms with Gasteiger partial charge in [0.15, 0.2) is 5.82 Å². The van der Waals surface area contributed by atoms with Crippen LogP contribution in [0.1, 0.15) is 31.8 Å². The summed E-state index contributed by atoms with van der Waals surface area (Å²) in [5.41, 5.74) is 0.991. The Labute approximate surface area is 109 Å². The van der Waals surface area contributed by atoms with Crippen molar-refractivity contribution in [2.75, 3.05) is 6.61 Å². The van der Waals surface area contributed by atoms with E-state index in [9.17, 15) is 0 Å². The summed E-state index contributed by atoms with van der Waals surface area (Å²) >= 11 is 8.17. The average Bonchev–Trinajstić information content (AvgIpc) is 2.23. The SMILES string of the molecule is CCCOCc1nc(Cl)c(I)c(CC)n1. The van der Waals surface area contributed by atoms with Crippen molar-refractivity contribution in [3.63, 3.8) is 0 Å². The third kappa shape index (κ3) is 3.85. The van der Waals surface area contributed by atoms with E-state index in [0.717, 1.165) is 28.7 Å². The molecule has 0 saturated carbocycles. The molecule has 0 aliphatic heterocycles. The fourth-order valence-corrected chi connectivity index (χ4v) is 1.95. The van der Waals surface area contributed by atoms with Crippen molar-refractivity contribution in [2.24, 2.45) is 0 Å². The number of rotatable bonds is 5. The molecule has 0 unspecified atom stereocenters. The molecule has 84 valence electrons. The molecule has 1 rings (SSSR count). The van der Waals surface area contributed by atoms with E-state index in [2.05, 4.69) is 46.4 Å². The quantitative estimate of drug-likeness (QED) is 0.469. The van der Waals surface area contributed by atoms with Crippen LogP contribution in [0.25, 0.3) is 0 Å². The molecule has 0 N–H and O–H groups in total. The number of nitrogens with zero attached hydrogens (tertiary/aromatic N) is 2. The molecule has 0 bridgehead atoms. The van der Waals surface area contributed by atoms with Gasteiger partial charge < -0.3 is 4.74 Å². The molecule has 1 aromatic heterocycles. The number of hydrogen-bond donors (Lipinski definition) is 0. The molecule has 0 aromatic carbocycles. The van der Waals surface area contributed by atoms with Crippen LogP contribution in [0.4, 0.5) is 0 Å². The second-order valence-corrected chi connectivity index (χ2v) is 4.53. The molecule has 0 aliphatic rings. The fourth-order valence-electron chi connectivity index (χ4n) is 1.12. The van der Waals surface area contributed by atoms with Crippen molar-refractivity contribution in [3.8, 4) is 0 Å². The lowest BCUT2D eigenvalue weighted by Gasteiger charge is -2.06. The van der Waals surface area contributed by atoms with Crippen molar-refractivity contribution < 1.29 is 4.74 Å². The summed E-state index contributed by atoms with van der Waals surface area (Å²) in [6.07, 6.45) is 1.86. The first-order valence-corrected chi connectivity index (χ1v) is 6.43. The Bertz CT molecular complexity index is 333. The Morgan fingerprint density at radius 2 is 2.07 bits per heavy atom. The van der Waals surface area contributed by atoms with Crippen LogP contribution in [-0.4, -0.2) is 16.6 Å². The van der Waals surface area contributed by atoms with Gasteiger partial charge in [-0.2, -0.15) is 0 Å². The van der Waals surface area contributed by atoms with Crippen LogP contribution in [0.3, 0.4) is 0 Å². The van der Waals surface area contributed by atoms with Crippen molar-refractivity contribution >= 4 is 34.2 Å². The number of halogens is 2. The second-order valence-electron chi connectivity index (χ2n) is 3.10. The summed E-state index contributed by atoms with van der Waals surface area (Å²) in [5.74, 6) is 0.672. The smallest absolute Gasteiger partial charge is 0.156 e. The van der Waals surface area contributed by atoms with Gasteiger partial charge in [-0.05, 0) is 35.4 Å². The molecule has 3 nitrogen and oxygen atoms in total. The van der Waals surface area contributed by atoms with E-state index >= 15 is 0 Å². The van der Waals surface area contributed by atoms with Gasteiger partial charge >= 0.3 is 0 Å². The normalized spacial score (nSPS) is 10.7. The van der Waals surface area contributed by atoms with Gasteiger partial charge in [0.05, 0.1) is 9.26 Å². The minimum Gasteiger partial charge on any atom is -0.373 e. The molecule has 0 amide bonds. The third-order valence-electron chi connectivity index (χ3n) is 1.84. The minimum absolute atomic E-state index is 0.442. The van der Waals surface area contributed by atoms with Gasteiger partial charge in [-0.15, -0.1) is 0 Å². The molecule has 1 aromatic rings. The zero-order valence-corrected chi connectivity index (χ0v) is 11.8. The zero-order valence-electron chi connectivity index (χ0n) is 8.89. The monoisotopic (exact) mass is 340 g/mol. The molecule has 0 fully saturated rings. The van der Waals surface area contributed by atoms with E-state index in [0.29, 0.717) is 17.6 Å². The second kappa shape index (κ2) is 6.60. The first-order chi connectivity index (χ1) is 7.19. The lowest BCUT2D eigenvalue weighted by Crippen LogP contribution is -2.05. The Hall–Kier alpha value is 0.0600. The highest BCUT2D eigenvalue weighted by atomic mass is 127. The van der Waals surface area contributed by atoms with Gasteiger partial charge in [-0.1, -0.05) is 25.4 Å². The van der Waals surface area contributed by atoms with E-state index in [1.165, 1.54) is 0 Å². The van der Waals surface area contributed by atoms with E-state index < -0.39 is 0 Å². The standard InChI is InChI=1S/C10H14ClIN2O/c1-3-5-15-6-8-13-7(4-2)9(12)10(11)14-8/h3-6H2,1-2H3. The predicted octanol–water partition coefficient (Wildman–Crippen LogP) is 3.22. The highest BCUT2D eigenvalue weighted by Gasteiger charge is 2.08. The van der Waals surface area contributed by atoms with E-state index in [1.807, 2.05) is 0 Å². The molecule has 1 heterocycles. The van der Waals surface area contributed by atoms with Crippen molar-refractivity contribution in [1.82, 2.24) is 9.97 Å². The van der Waals surface area contributed by atoms with Gasteiger partial charge in [0, 0.05) is 6.61 Å². The number of aromatic nitrogens is 2. The van der Waals surface area contributed by atoms with Gasteiger partial charge in [-0.3, -0.25) is 0 Å². The van der Waals surface area contributed by atoms with Crippen LogP contribution in [0, 0.1) is 3.57 Å². The fraction of sp³-hybridized carbons (Fsp3) is 0.600. The van der Waals surface area contributed by atoms with Crippen LogP contribution in [-0.2, 0) is 17.8 Å². The largest absolute Gasteiger partial charge is 0.373 e. The first-order valence-electron chi connectivity index (χ1n) is 4.97. The average molecular weight is 341 g/mol. The maximum absolute atomic E-state index is 6.00. The summed E-state index contributed by atoms with van der Waals surface area (Å²) < 4.78 is 6.32. The van der Waals surface area contributed by atoms with Gasteiger partial charge in [0.2, 0.25) is 0 Å². The Morgan fingerprint density at radius 1 is 1.33 bits per heavy atom. The summed E-state index contributed by atoms with van der Waals surface area (Å²) in [6.45, 7) is 5.29. The molecule has 0 spiro atoms. The number of ether oxygens (including phenoxy) is 1. The Morgan fingerprint density at radius 3 is 2.67 bits per heavy atom. The zero-order chi connectivity index (χ0) is 11.3. The van der Waals surface area contributed by atoms with Gasteiger partial charge in [-0.25, -0.2) is 9.97 Å². The molecule has 0 radical (unpaired) electrons. The summed E-state index contributed by atoms with van der Waals surface area (Å²) in [6, 6.07) is 0. The summed E-state index contributed by atoms with van der Waals surface area (Å²) in [4.78, 5) is 8.57. The molecule has 15 heavy (non-hydrogen) atoms. The highest BCUT2D eigenvalue weighted by molar-refractivity contribution is 14.1. The van der Waals surface area contributed by atoms with E-state index in [1.54, 1.807) is 0 Å². The number of aryl methyl sites for hydroxylation is 1. The van der Waals surface area contributed by atoms with Crippen molar-refractivity contribution in [3.05, 3.63) is 20.2 Å². The molecular weight excluding hydrogens is 326 g/mol. The van der Waals surface area contributed by atoms with Crippen molar-refractivity contribution in [1.29, 1.82) is 0 Å². The molecule has 0 atom stereocenters. The maximum Gasteiger partial charge on any atom is 0.156 e. The topological polar surface area (TPSA) is 35.0 Å². The van der Waals surface area contributed by atoms with Crippen LogP contribution in [0.15, 0.2) is 0 Å². The van der Waals surface area contributed by atoms with Crippen LogP contribution < -0.4 is 0 Å². The van der Waals surface area contributed by atoms with E-state index in [4.69, 9.17) is 16.3 Å². The third-order valence-corrected chi connectivity index (χ3v) is 3.57. The van der Waals surface area contributed by atoms with Gasteiger partial charge in [0.1, 0.15) is 11.8 Å². The first kappa shape index (κ1) is 13.1. The Kier molecular flexibility index (Phi) is 5.78. The molecule has 0 aliphatic carbocycles.